The largest absolute Gasteiger partial charge is 0.385 e. The molecule has 0 aliphatic rings. The highest BCUT2D eigenvalue weighted by atomic mass is 16.5. The Morgan fingerprint density at radius 1 is 1.29 bits per heavy atom. The molecule has 0 spiro atoms. The quantitative estimate of drug-likeness (QED) is 0.732. The average molecular weight is 235 g/mol. The Hall–Kier alpha value is -0.860. The number of nitrogens with one attached hydrogen (secondary N) is 1. The first kappa shape index (κ1) is 14.2. The lowest BCUT2D eigenvalue weighted by atomic mass is 9.96. The van der Waals surface area contributed by atoms with Crippen molar-refractivity contribution in [2.75, 3.05) is 20.3 Å². The fourth-order valence-electron chi connectivity index (χ4n) is 2.18. The van der Waals surface area contributed by atoms with Crippen molar-refractivity contribution >= 4 is 0 Å². The van der Waals surface area contributed by atoms with Crippen molar-refractivity contribution in [3.05, 3.63) is 34.9 Å². The van der Waals surface area contributed by atoms with E-state index in [1.54, 1.807) is 7.11 Å². The van der Waals surface area contributed by atoms with E-state index < -0.39 is 0 Å². The summed E-state index contributed by atoms with van der Waals surface area (Å²) in [6, 6.07) is 7.15. The summed E-state index contributed by atoms with van der Waals surface area (Å²) in [6.45, 7) is 8.35. The molecule has 1 N–H and O–H groups in total. The highest BCUT2D eigenvalue weighted by Gasteiger charge is 2.12. The minimum absolute atomic E-state index is 0.454. The van der Waals surface area contributed by atoms with E-state index in [1.165, 1.54) is 16.7 Å². The van der Waals surface area contributed by atoms with Crippen LogP contribution in [0.3, 0.4) is 0 Å². The maximum absolute atomic E-state index is 5.13. The molecule has 1 atom stereocenters. The third kappa shape index (κ3) is 4.49. The van der Waals surface area contributed by atoms with Gasteiger partial charge in [-0.15, -0.1) is 0 Å². The van der Waals surface area contributed by atoms with Gasteiger partial charge in [0.1, 0.15) is 0 Å². The Balaban J connectivity index is 2.77. The molecule has 0 radical (unpaired) electrons. The first-order valence-electron chi connectivity index (χ1n) is 6.48. The standard InChI is InChI=1S/C15H25NO/c1-5-16-15(7-6-10-17-4)14-11-12(2)8-9-13(14)3/h8-9,11,15-16H,5-7,10H2,1-4H3. The van der Waals surface area contributed by atoms with Crippen LogP contribution < -0.4 is 5.32 Å². The summed E-state index contributed by atoms with van der Waals surface area (Å²) in [7, 11) is 1.76. The fraction of sp³-hybridized carbons (Fsp3) is 0.600. The van der Waals surface area contributed by atoms with Gasteiger partial charge in [-0.05, 0) is 44.4 Å². The van der Waals surface area contributed by atoms with Crippen molar-refractivity contribution in [1.82, 2.24) is 5.32 Å². The van der Waals surface area contributed by atoms with E-state index >= 15 is 0 Å². The molecule has 0 bridgehead atoms. The van der Waals surface area contributed by atoms with E-state index in [9.17, 15) is 0 Å². The van der Waals surface area contributed by atoms with Gasteiger partial charge in [-0.2, -0.15) is 0 Å². The van der Waals surface area contributed by atoms with Crippen LogP contribution in [0.1, 0.15) is 42.5 Å². The molecule has 17 heavy (non-hydrogen) atoms. The number of methoxy groups -OCH3 is 1. The lowest BCUT2D eigenvalue weighted by Crippen LogP contribution is -2.22. The summed E-state index contributed by atoms with van der Waals surface area (Å²) >= 11 is 0. The number of ether oxygens (including phenoxy) is 1. The molecule has 1 aromatic rings. The van der Waals surface area contributed by atoms with Gasteiger partial charge in [-0.1, -0.05) is 30.7 Å². The van der Waals surface area contributed by atoms with Gasteiger partial charge in [0, 0.05) is 19.8 Å². The topological polar surface area (TPSA) is 21.3 Å². The number of rotatable bonds is 7. The van der Waals surface area contributed by atoms with Crippen molar-refractivity contribution < 1.29 is 4.74 Å². The predicted molar refractivity (Wildman–Crippen MR) is 73.4 cm³/mol. The summed E-state index contributed by atoms with van der Waals surface area (Å²) in [6.07, 6.45) is 2.23. The normalized spacial score (nSPS) is 12.7. The minimum Gasteiger partial charge on any atom is -0.385 e. The van der Waals surface area contributed by atoms with Crippen LogP contribution in [0.5, 0.6) is 0 Å². The summed E-state index contributed by atoms with van der Waals surface area (Å²) in [4.78, 5) is 0. The molecule has 0 saturated heterocycles. The molecule has 0 fully saturated rings. The van der Waals surface area contributed by atoms with Crippen LogP contribution in [-0.4, -0.2) is 20.3 Å². The first-order valence-corrected chi connectivity index (χ1v) is 6.48. The van der Waals surface area contributed by atoms with Crippen LogP contribution >= 0.6 is 0 Å². The lowest BCUT2D eigenvalue weighted by molar-refractivity contribution is 0.189. The predicted octanol–water partition coefficient (Wildman–Crippen LogP) is 3.38. The second kappa shape index (κ2) is 7.46. The number of hydrogen-bond donors (Lipinski definition) is 1. The Morgan fingerprint density at radius 2 is 2.06 bits per heavy atom. The molecular weight excluding hydrogens is 210 g/mol. The Kier molecular flexibility index (Phi) is 6.23. The van der Waals surface area contributed by atoms with Crippen LogP contribution in [0.15, 0.2) is 18.2 Å². The lowest BCUT2D eigenvalue weighted by Gasteiger charge is -2.21. The van der Waals surface area contributed by atoms with Crippen LogP contribution in [0.2, 0.25) is 0 Å². The van der Waals surface area contributed by atoms with Crippen LogP contribution in [0, 0.1) is 13.8 Å². The zero-order valence-corrected chi connectivity index (χ0v) is 11.5. The molecule has 1 aromatic carbocycles. The molecule has 0 aliphatic heterocycles. The average Bonchev–Trinajstić information content (AvgIpc) is 2.32. The maximum atomic E-state index is 5.13. The highest BCUT2D eigenvalue weighted by Crippen LogP contribution is 2.23. The molecule has 0 aromatic heterocycles. The van der Waals surface area contributed by atoms with E-state index in [-0.39, 0.29) is 0 Å². The number of benzene rings is 1. The van der Waals surface area contributed by atoms with Gasteiger partial charge in [-0.25, -0.2) is 0 Å². The molecule has 0 heterocycles. The van der Waals surface area contributed by atoms with Crippen molar-refractivity contribution in [3.8, 4) is 0 Å². The van der Waals surface area contributed by atoms with Crippen molar-refractivity contribution in [2.24, 2.45) is 0 Å². The molecule has 1 rings (SSSR count). The van der Waals surface area contributed by atoms with Gasteiger partial charge in [-0.3, -0.25) is 0 Å². The zero-order chi connectivity index (χ0) is 12.7. The van der Waals surface area contributed by atoms with E-state index in [0.29, 0.717) is 6.04 Å². The smallest absolute Gasteiger partial charge is 0.0462 e. The second-order valence-electron chi connectivity index (χ2n) is 4.61. The molecule has 2 heteroatoms. The van der Waals surface area contributed by atoms with Crippen molar-refractivity contribution in [3.63, 3.8) is 0 Å². The van der Waals surface area contributed by atoms with Crippen molar-refractivity contribution in [1.29, 1.82) is 0 Å². The molecule has 0 amide bonds. The highest BCUT2D eigenvalue weighted by molar-refractivity contribution is 5.33. The van der Waals surface area contributed by atoms with Crippen LogP contribution in [0.4, 0.5) is 0 Å². The number of aryl methyl sites for hydroxylation is 2. The van der Waals surface area contributed by atoms with Gasteiger partial charge in [0.2, 0.25) is 0 Å². The third-order valence-corrected chi connectivity index (χ3v) is 3.10. The monoisotopic (exact) mass is 235 g/mol. The van der Waals surface area contributed by atoms with Gasteiger partial charge >= 0.3 is 0 Å². The summed E-state index contributed by atoms with van der Waals surface area (Å²) in [5.41, 5.74) is 4.14. The summed E-state index contributed by atoms with van der Waals surface area (Å²) in [5.74, 6) is 0. The van der Waals surface area contributed by atoms with Crippen molar-refractivity contribution in [2.45, 2.75) is 39.7 Å². The summed E-state index contributed by atoms with van der Waals surface area (Å²) < 4.78 is 5.13. The van der Waals surface area contributed by atoms with Gasteiger partial charge in [0.25, 0.3) is 0 Å². The van der Waals surface area contributed by atoms with Gasteiger partial charge in [0.05, 0.1) is 0 Å². The van der Waals surface area contributed by atoms with Crippen LogP contribution in [0.25, 0.3) is 0 Å². The molecule has 0 aliphatic carbocycles. The SMILES string of the molecule is CCNC(CCCOC)c1cc(C)ccc1C. The Bertz CT molecular complexity index is 336. The molecular formula is C15H25NO. The zero-order valence-electron chi connectivity index (χ0n) is 11.5. The molecule has 96 valence electrons. The van der Waals surface area contributed by atoms with E-state index in [2.05, 4.69) is 44.3 Å². The fourth-order valence-corrected chi connectivity index (χ4v) is 2.18. The molecule has 1 unspecified atom stereocenters. The van der Waals surface area contributed by atoms with E-state index in [4.69, 9.17) is 4.74 Å². The van der Waals surface area contributed by atoms with Crippen LogP contribution in [-0.2, 0) is 4.74 Å². The first-order chi connectivity index (χ1) is 8.19. The Labute approximate surface area is 105 Å². The third-order valence-electron chi connectivity index (χ3n) is 3.10. The van der Waals surface area contributed by atoms with Gasteiger partial charge in [0.15, 0.2) is 0 Å². The minimum atomic E-state index is 0.454. The molecule has 2 nitrogen and oxygen atoms in total. The second-order valence-corrected chi connectivity index (χ2v) is 4.61. The van der Waals surface area contributed by atoms with E-state index in [1.807, 2.05) is 0 Å². The maximum Gasteiger partial charge on any atom is 0.0462 e. The molecule has 0 saturated carbocycles. The number of hydrogen-bond acceptors (Lipinski definition) is 2. The van der Waals surface area contributed by atoms with Gasteiger partial charge < -0.3 is 10.1 Å². The summed E-state index contributed by atoms with van der Waals surface area (Å²) in [5, 5.41) is 3.57. The van der Waals surface area contributed by atoms with E-state index in [0.717, 1.165) is 26.0 Å². The Morgan fingerprint density at radius 3 is 2.71 bits per heavy atom.